The zero-order valence-electron chi connectivity index (χ0n) is 11.1. The molecule has 0 fully saturated rings. The summed E-state index contributed by atoms with van der Waals surface area (Å²) in [6.45, 7) is 4.05. The molecule has 1 aromatic carbocycles. The van der Waals surface area contributed by atoms with Gasteiger partial charge in [0.1, 0.15) is 0 Å². The number of rotatable bonds is 5. The van der Waals surface area contributed by atoms with Gasteiger partial charge in [-0.25, -0.2) is 0 Å². The molecule has 0 aliphatic heterocycles. The van der Waals surface area contributed by atoms with Crippen LogP contribution in [0.1, 0.15) is 31.4 Å². The zero-order valence-corrected chi connectivity index (χ0v) is 11.1. The topological polar surface area (TPSA) is 29.1 Å². The van der Waals surface area contributed by atoms with E-state index < -0.39 is 11.7 Å². The summed E-state index contributed by atoms with van der Waals surface area (Å²) < 4.78 is 38.2. The Labute approximate surface area is 111 Å². The minimum absolute atomic E-state index is 0.125. The van der Waals surface area contributed by atoms with Gasteiger partial charge < -0.3 is 5.32 Å². The molecule has 1 amide bonds. The minimum atomic E-state index is -4.35. The number of hydrogen-bond donors (Lipinski definition) is 1. The maximum atomic E-state index is 12.7. The molecule has 0 aliphatic carbocycles. The highest BCUT2D eigenvalue weighted by molar-refractivity contribution is 5.76. The van der Waals surface area contributed by atoms with Crippen LogP contribution in [0.15, 0.2) is 24.3 Å². The highest BCUT2D eigenvalue weighted by Crippen LogP contribution is 2.31. The number of alkyl halides is 3. The van der Waals surface area contributed by atoms with Crippen molar-refractivity contribution in [3.05, 3.63) is 35.4 Å². The Morgan fingerprint density at radius 2 is 1.89 bits per heavy atom. The first kappa shape index (κ1) is 15.5. The van der Waals surface area contributed by atoms with Crippen LogP contribution in [0.4, 0.5) is 13.2 Å². The van der Waals surface area contributed by atoms with Gasteiger partial charge >= 0.3 is 6.18 Å². The monoisotopic (exact) mass is 273 g/mol. The van der Waals surface area contributed by atoms with Crippen molar-refractivity contribution in [1.29, 1.82) is 0 Å². The Balaban J connectivity index is 2.57. The number of carbonyl (C=O) groups excluding carboxylic acids is 1. The summed E-state index contributed by atoms with van der Waals surface area (Å²) in [5.41, 5.74) is -0.423. The predicted octanol–water partition coefficient (Wildman–Crippen LogP) is 3.41. The van der Waals surface area contributed by atoms with Crippen LogP contribution in [-0.4, -0.2) is 12.5 Å². The Kier molecular flexibility index (Phi) is 5.39. The first-order valence-corrected chi connectivity index (χ1v) is 6.22. The number of nitrogens with one attached hydrogen (secondary N) is 1. The van der Waals surface area contributed by atoms with E-state index in [0.717, 1.165) is 6.07 Å². The highest BCUT2D eigenvalue weighted by Gasteiger charge is 2.32. The van der Waals surface area contributed by atoms with Crippen molar-refractivity contribution in [2.24, 2.45) is 5.92 Å². The molecule has 0 aromatic heterocycles. The van der Waals surface area contributed by atoms with E-state index >= 15 is 0 Å². The van der Waals surface area contributed by atoms with Gasteiger partial charge in [-0.2, -0.15) is 13.2 Å². The largest absolute Gasteiger partial charge is 0.416 e. The molecular formula is C14H18F3NO. The summed E-state index contributed by atoms with van der Waals surface area (Å²) in [7, 11) is 0. The molecule has 1 rings (SSSR count). The average Bonchev–Trinajstić information content (AvgIpc) is 2.27. The minimum Gasteiger partial charge on any atom is -0.356 e. The van der Waals surface area contributed by atoms with Crippen molar-refractivity contribution in [2.45, 2.75) is 32.9 Å². The number of amides is 1. The molecule has 2 nitrogen and oxygen atoms in total. The standard InChI is InChI=1S/C14H18F3NO/c1-10(2)9-13(19)18-8-7-11-5-3-4-6-12(11)14(15,16)17/h3-6,10H,7-9H2,1-2H3,(H,18,19). The van der Waals surface area contributed by atoms with Gasteiger partial charge in [-0.1, -0.05) is 32.0 Å². The van der Waals surface area contributed by atoms with Crippen molar-refractivity contribution < 1.29 is 18.0 Å². The Hall–Kier alpha value is -1.52. The molecule has 0 saturated carbocycles. The lowest BCUT2D eigenvalue weighted by Gasteiger charge is -2.13. The maximum Gasteiger partial charge on any atom is 0.416 e. The molecule has 106 valence electrons. The second-order valence-electron chi connectivity index (χ2n) is 4.85. The van der Waals surface area contributed by atoms with Crippen LogP contribution in [0, 0.1) is 5.92 Å². The van der Waals surface area contributed by atoms with Crippen molar-refractivity contribution in [2.75, 3.05) is 6.54 Å². The van der Waals surface area contributed by atoms with Crippen molar-refractivity contribution in [3.63, 3.8) is 0 Å². The summed E-state index contributed by atoms with van der Waals surface area (Å²) >= 11 is 0. The molecule has 0 atom stereocenters. The van der Waals surface area contributed by atoms with E-state index in [9.17, 15) is 18.0 Å². The highest BCUT2D eigenvalue weighted by atomic mass is 19.4. The van der Waals surface area contributed by atoms with Gasteiger partial charge in [-0.05, 0) is 24.0 Å². The van der Waals surface area contributed by atoms with Crippen LogP contribution < -0.4 is 5.32 Å². The number of benzene rings is 1. The van der Waals surface area contributed by atoms with E-state index in [2.05, 4.69) is 5.32 Å². The predicted molar refractivity (Wildman–Crippen MR) is 67.6 cm³/mol. The fraction of sp³-hybridized carbons (Fsp3) is 0.500. The third-order valence-corrected chi connectivity index (χ3v) is 2.63. The molecule has 0 spiro atoms. The number of halogens is 3. The molecular weight excluding hydrogens is 255 g/mol. The van der Waals surface area contributed by atoms with Gasteiger partial charge in [0.2, 0.25) is 5.91 Å². The van der Waals surface area contributed by atoms with Crippen molar-refractivity contribution in [1.82, 2.24) is 5.32 Å². The van der Waals surface area contributed by atoms with Crippen LogP contribution in [0.3, 0.4) is 0 Å². The zero-order chi connectivity index (χ0) is 14.5. The lowest BCUT2D eigenvalue weighted by atomic mass is 10.0. The van der Waals surface area contributed by atoms with Gasteiger partial charge in [0.25, 0.3) is 0 Å². The Morgan fingerprint density at radius 1 is 1.26 bits per heavy atom. The SMILES string of the molecule is CC(C)CC(=O)NCCc1ccccc1C(F)(F)F. The lowest BCUT2D eigenvalue weighted by molar-refractivity contribution is -0.138. The summed E-state index contributed by atoms with van der Waals surface area (Å²) in [5, 5.41) is 2.63. The fourth-order valence-electron chi connectivity index (χ4n) is 1.79. The molecule has 0 heterocycles. The molecule has 0 aliphatic rings. The van der Waals surface area contributed by atoms with Crippen molar-refractivity contribution in [3.8, 4) is 0 Å². The van der Waals surface area contributed by atoms with Crippen LogP contribution in [0.25, 0.3) is 0 Å². The van der Waals surface area contributed by atoms with E-state index in [1.54, 1.807) is 6.07 Å². The smallest absolute Gasteiger partial charge is 0.356 e. The molecule has 0 saturated heterocycles. The lowest BCUT2D eigenvalue weighted by Crippen LogP contribution is -2.27. The van der Waals surface area contributed by atoms with Crippen LogP contribution in [-0.2, 0) is 17.4 Å². The van der Waals surface area contributed by atoms with Crippen molar-refractivity contribution >= 4 is 5.91 Å². The molecule has 5 heteroatoms. The first-order chi connectivity index (χ1) is 8.80. The van der Waals surface area contributed by atoms with E-state index in [0.29, 0.717) is 6.42 Å². The molecule has 0 bridgehead atoms. The Morgan fingerprint density at radius 3 is 2.47 bits per heavy atom. The van der Waals surface area contributed by atoms with E-state index in [1.165, 1.54) is 12.1 Å². The molecule has 0 radical (unpaired) electrons. The second-order valence-corrected chi connectivity index (χ2v) is 4.85. The van der Waals surface area contributed by atoms with Crippen LogP contribution >= 0.6 is 0 Å². The summed E-state index contributed by atoms with van der Waals surface area (Å²) in [4.78, 5) is 11.4. The molecule has 0 unspecified atom stereocenters. The quantitative estimate of drug-likeness (QED) is 0.875. The Bertz CT molecular complexity index is 427. The van der Waals surface area contributed by atoms with E-state index in [-0.39, 0.29) is 30.4 Å². The number of hydrogen-bond acceptors (Lipinski definition) is 1. The van der Waals surface area contributed by atoms with E-state index in [4.69, 9.17) is 0 Å². The first-order valence-electron chi connectivity index (χ1n) is 6.22. The summed E-state index contributed by atoms with van der Waals surface area (Å²) in [6, 6.07) is 5.44. The van der Waals surface area contributed by atoms with E-state index in [1.807, 2.05) is 13.8 Å². The molecule has 19 heavy (non-hydrogen) atoms. The third kappa shape index (κ3) is 5.32. The third-order valence-electron chi connectivity index (χ3n) is 2.63. The molecule has 1 N–H and O–H groups in total. The van der Waals surface area contributed by atoms with Crippen LogP contribution in [0.2, 0.25) is 0 Å². The summed E-state index contributed by atoms with van der Waals surface area (Å²) in [6.07, 6.45) is -3.78. The van der Waals surface area contributed by atoms with Gasteiger partial charge in [-0.3, -0.25) is 4.79 Å². The number of carbonyl (C=O) groups is 1. The average molecular weight is 273 g/mol. The van der Waals surface area contributed by atoms with Gasteiger partial charge in [0.15, 0.2) is 0 Å². The van der Waals surface area contributed by atoms with Gasteiger partial charge in [-0.15, -0.1) is 0 Å². The second kappa shape index (κ2) is 6.59. The summed E-state index contributed by atoms with van der Waals surface area (Å²) in [5.74, 6) is 0.113. The fourth-order valence-corrected chi connectivity index (χ4v) is 1.79. The van der Waals surface area contributed by atoms with Crippen LogP contribution in [0.5, 0.6) is 0 Å². The molecule has 1 aromatic rings. The normalized spacial score (nSPS) is 11.7. The maximum absolute atomic E-state index is 12.7. The van der Waals surface area contributed by atoms with Gasteiger partial charge in [0, 0.05) is 13.0 Å². The van der Waals surface area contributed by atoms with Gasteiger partial charge in [0.05, 0.1) is 5.56 Å².